The maximum Gasteiger partial charge on any atom is 0.220 e. The molecule has 0 fully saturated rings. The minimum Gasteiger partial charge on any atom is -0.497 e. The Morgan fingerprint density at radius 2 is 1.83 bits per heavy atom. The highest BCUT2D eigenvalue weighted by atomic mass is 16.5. The number of nitrogens with one attached hydrogen (secondary N) is 1. The highest BCUT2D eigenvalue weighted by Crippen LogP contribution is 2.13. The number of carbonyl (C=O) groups excluding carboxylic acids is 2. The minimum absolute atomic E-state index is 0.0332. The normalized spacial score (nSPS) is 10.2. The number of ketones is 1. The lowest BCUT2D eigenvalue weighted by Crippen LogP contribution is -2.23. The van der Waals surface area contributed by atoms with Gasteiger partial charge < -0.3 is 10.1 Å². The summed E-state index contributed by atoms with van der Waals surface area (Å²) in [6, 6.07) is 12.7. The quantitative estimate of drug-likeness (QED) is 0.757. The first-order chi connectivity index (χ1) is 11.6. The number of Topliss-reactive ketones (excluding diaryl/α,β-unsaturated/α-hetero) is 1. The first-order valence-electron chi connectivity index (χ1n) is 7.95. The molecule has 0 atom stereocenters. The number of benzene rings is 1. The lowest BCUT2D eigenvalue weighted by Gasteiger charge is -2.06. The van der Waals surface area contributed by atoms with Crippen molar-refractivity contribution >= 4 is 11.7 Å². The second kappa shape index (κ2) is 8.82. The van der Waals surface area contributed by atoms with Crippen LogP contribution in [0.25, 0.3) is 0 Å². The van der Waals surface area contributed by atoms with Crippen molar-refractivity contribution in [1.29, 1.82) is 0 Å². The van der Waals surface area contributed by atoms with E-state index in [4.69, 9.17) is 4.74 Å². The molecule has 0 aliphatic rings. The molecular weight excluding hydrogens is 304 g/mol. The molecule has 1 heterocycles. The fraction of sp³-hybridized carbons (Fsp3) is 0.316. The van der Waals surface area contributed by atoms with Crippen molar-refractivity contribution in [3.05, 3.63) is 59.4 Å². The van der Waals surface area contributed by atoms with E-state index in [0.29, 0.717) is 31.4 Å². The predicted molar refractivity (Wildman–Crippen MR) is 92.0 cm³/mol. The number of methoxy groups -OCH3 is 1. The average Bonchev–Trinajstić information content (AvgIpc) is 2.60. The largest absolute Gasteiger partial charge is 0.497 e. The maximum absolute atomic E-state index is 12.1. The zero-order valence-corrected chi connectivity index (χ0v) is 14.0. The number of nitrogens with zero attached hydrogens (tertiary/aromatic N) is 1. The van der Waals surface area contributed by atoms with Crippen molar-refractivity contribution in [3.8, 4) is 5.75 Å². The van der Waals surface area contributed by atoms with Crippen LogP contribution in [-0.2, 0) is 11.3 Å². The number of rotatable bonds is 8. The molecule has 126 valence electrons. The van der Waals surface area contributed by atoms with Gasteiger partial charge in [0.25, 0.3) is 0 Å². The molecule has 1 aromatic carbocycles. The first kappa shape index (κ1) is 17.7. The summed E-state index contributed by atoms with van der Waals surface area (Å²) in [6.45, 7) is 2.32. The second-order valence-corrected chi connectivity index (χ2v) is 5.55. The zero-order chi connectivity index (χ0) is 17.4. The van der Waals surface area contributed by atoms with Crippen LogP contribution < -0.4 is 10.1 Å². The molecule has 0 aliphatic carbocycles. The van der Waals surface area contributed by atoms with Crippen molar-refractivity contribution in [3.63, 3.8) is 0 Å². The summed E-state index contributed by atoms with van der Waals surface area (Å²) < 4.78 is 5.06. The van der Waals surface area contributed by atoms with Gasteiger partial charge in [-0.1, -0.05) is 6.07 Å². The van der Waals surface area contributed by atoms with E-state index in [2.05, 4.69) is 10.3 Å². The van der Waals surface area contributed by atoms with Crippen LogP contribution in [0.4, 0.5) is 0 Å². The Morgan fingerprint density at radius 1 is 1.08 bits per heavy atom. The number of ether oxygens (including phenoxy) is 1. The van der Waals surface area contributed by atoms with Crippen molar-refractivity contribution in [2.45, 2.75) is 32.7 Å². The van der Waals surface area contributed by atoms with Crippen LogP contribution in [0, 0.1) is 6.92 Å². The Morgan fingerprint density at radius 3 is 2.50 bits per heavy atom. The summed E-state index contributed by atoms with van der Waals surface area (Å²) in [4.78, 5) is 28.2. The third-order valence-corrected chi connectivity index (χ3v) is 3.63. The van der Waals surface area contributed by atoms with Crippen molar-refractivity contribution < 1.29 is 14.3 Å². The van der Waals surface area contributed by atoms with E-state index >= 15 is 0 Å². The molecule has 0 aliphatic heterocycles. The van der Waals surface area contributed by atoms with E-state index in [0.717, 1.165) is 17.1 Å². The van der Waals surface area contributed by atoms with Gasteiger partial charge in [0.15, 0.2) is 5.78 Å². The Hall–Kier alpha value is -2.69. The van der Waals surface area contributed by atoms with Crippen LogP contribution >= 0.6 is 0 Å². The number of pyridine rings is 1. The Kier molecular flexibility index (Phi) is 6.49. The van der Waals surface area contributed by atoms with Crippen LogP contribution in [0.3, 0.4) is 0 Å². The summed E-state index contributed by atoms with van der Waals surface area (Å²) in [5.74, 6) is 0.683. The molecule has 5 heteroatoms. The van der Waals surface area contributed by atoms with E-state index < -0.39 is 0 Å². The van der Waals surface area contributed by atoms with E-state index in [1.807, 2.05) is 25.1 Å². The number of aromatic nitrogens is 1. The highest BCUT2D eigenvalue weighted by molar-refractivity contribution is 5.96. The summed E-state index contributed by atoms with van der Waals surface area (Å²) in [6.07, 6.45) is 1.20. The standard InChI is InChI=1S/C19H22N2O3/c1-14-5-3-6-16(21-14)13-20-19(23)8-4-7-18(22)15-9-11-17(24-2)12-10-15/h3,5-6,9-12H,4,7-8,13H2,1-2H3,(H,20,23). The molecule has 0 saturated heterocycles. The van der Waals surface area contributed by atoms with Gasteiger partial charge in [-0.05, 0) is 49.7 Å². The average molecular weight is 326 g/mol. The van der Waals surface area contributed by atoms with Gasteiger partial charge in [0.1, 0.15) is 5.75 Å². The van der Waals surface area contributed by atoms with Crippen molar-refractivity contribution in [2.75, 3.05) is 7.11 Å². The fourth-order valence-corrected chi connectivity index (χ4v) is 2.31. The van der Waals surface area contributed by atoms with Crippen molar-refractivity contribution in [1.82, 2.24) is 10.3 Å². The maximum atomic E-state index is 12.1. The van der Waals surface area contributed by atoms with Gasteiger partial charge in [-0.25, -0.2) is 0 Å². The monoisotopic (exact) mass is 326 g/mol. The minimum atomic E-state index is -0.0687. The van der Waals surface area contributed by atoms with Gasteiger partial charge in [-0.3, -0.25) is 14.6 Å². The molecule has 1 aromatic heterocycles. The fourth-order valence-electron chi connectivity index (χ4n) is 2.31. The lowest BCUT2D eigenvalue weighted by atomic mass is 10.1. The van der Waals surface area contributed by atoms with Crippen LogP contribution in [0.2, 0.25) is 0 Å². The summed E-state index contributed by atoms with van der Waals surface area (Å²) >= 11 is 0. The molecule has 0 bridgehead atoms. The van der Waals surface area contributed by atoms with Crippen molar-refractivity contribution in [2.24, 2.45) is 0 Å². The molecule has 0 saturated carbocycles. The smallest absolute Gasteiger partial charge is 0.220 e. The molecule has 2 aromatic rings. The third-order valence-electron chi connectivity index (χ3n) is 3.63. The summed E-state index contributed by atoms with van der Waals surface area (Å²) in [7, 11) is 1.59. The van der Waals surface area contributed by atoms with Crippen LogP contribution in [-0.4, -0.2) is 23.8 Å². The van der Waals surface area contributed by atoms with Gasteiger partial charge in [0.2, 0.25) is 5.91 Å². The predicted octanol–water partition coefficient (Wildman–Crippen LogP) is 3.07. The number of amides is 1. The molecule has 1 N–H and O–H groups in total. The molecule has 0 radical (unpaired) electrons. The Labute approximate surface area is 142 Å². The Balaban J connectivity index is 1.70. The van der Waals surface area contributed by atoms with Crippen LogP contribution in [0.5, 0.6) is 5.75 Å². The molecule has 1 amide bonds. The molecule has 0 unspecified atom stereocenters. The molecule has 5 nitrogen and oxygen atoms in total. The number of aryl methyl sites for hydroxylation is 1. The topological polar surface area (TPSA) is 68.3 Å². The van der Waals surface area contributed by atoms with Crippen LogP contribution in [0.15, 0.2) is 42.5 Å². The summed E-state index contributed by atoms with van der Waals surface area (Å²) in [5, 5.41) is 2.83. The number of hydrogen-bond acceptors (Lipinski definition) is 4. The third kappa shape index (κ3) is 5.50. The zero-order valence-electron chi connectivity index (χ0n) is 14.0. The first-order valence-corrected chi connectivity index (χ1v) is 7.95. The molecule has 24 heavy (non-hydrogen) atoms. The molecular formula is C19H22N2O3. The number of hydrogen-bond donors (Lipinski definition) is 1. The number of carbonyl (C=O) groups is 2. The lowest BCUT2D eigenvalue weighted by molar-refractivity contribution is -0.121. The molecule has 2 rings (SSSR count). The SMILES string of the molecule is COc1ccc(C(=O)CCCC(=O)NCc2cccc(C)n2)cc1. The van der Waals surface area contributed by atoms with E-state index in [-0.39, 0.29) is 11.7 Å². The Bertz CT molecular complexity index is 696. The highest BCUT2D eigenvalue weighted by Gasteiger charge is 2.08. The van der Waals surface area contributed by atoms with Gasteiger partial charge in [-0.15, -0.1) is 0 Å². The second-order valence-electron chi connectivity index (χ2n) is 5.55. The van der Waals surface area contributed by atoms with E-state index in [9.17, 15) is 9.59 Å². The van der Waals surface area contributed by atoms with Gasteiger partial charge in [0, 0.05) is 24.1 Å². The van der Waals surface area contributed by atoms with Crippen LogP contribution in [0.1, 0.15) is 41.0 Å². The van der Waals surface area contributed by atoms with Gasteiger partial charge in [-0.2, -0.15) is 0 Å². The van der Waals surface area contributed by atoms with Gasteiger partial charge in [0.05, 0.1) is 19.3 Å². The van der Waals surface area contributed by atoms with Gasteiger partial charge >= 0.3 is 0 Å². The molecule has 0 spiro atoms. The van der Waals surface area contributed by atoms with E-state index in [1.165, 1.54) is 0 Å². The van der Waals surface area contributed by atoms with E-state index in [1.54, 1.807) is 31.4 Å². The summed E-state index contributed by atoms with van der Waals surface area (Å²) in [5.41, 5.74) is 2.39.